The minimum atomic E-state index is -0.488. The Hall–Kier alpha value is -1.68. The minimum absolute atomic E-state index is 0. The Morgan fingerprint density at radius 2 is 2.00 bits per heavy atom. The summed E-state index contributed by atoms with van der Waals surface area (Å²) in [4.78, 5) is 19.1. The van der Waals surface area contributed by atoms with Crippen molar-refractivity contribution in [3.63, 3.8) is 0 Å². The van der Waals surface area contributed by atoms with Gasteiger partial charge >= 0.3 is 0 Å². The van der Waals surface area contributed by atoms with E-state index in [2.05, 4.69) is 9.97 Å². The number of benzene rings is 1. The van der Waals surface area contributed by atoms with Crippen LogP contribution in [-0.2, 0) is 6.42 Å². The van der Waals surface area contributed by atoms with Gasteiger partial charge in [0, 0.05) is 5.69 Å². The molecule has 2 rings (SSSR count). The first-order valence-electron chi connectivity index (χ1n) is 5.37. The molecule has 1 aromatic carbocycles. The third-order valence-corrected chi connectivity index (χ3v) is 2.68. The van der Waals surface area contributed by atoms with Crippen molar-refractivity contribution >= 4 is 18.2 Å². The van der Waals surface area contributed by atoms with Crippen LogP contribution in [0.3, 0.4) is 0 Å². The highest BCUT2D eigenvalue weighted by molar-refractivity contribution is 5.97. The minimum Gasteiger partial charge on any atom is -0.345 e. The maximum Gasteiger partial charge on any atom is 0.173 e. The molecule has 0 spiro atoms. The van der Waals surface area contributed by atoms with Crippen LogP contribution in [0.25, 0.3) is 0 Å². The third kappa shape index (κ3) is 2.96. The molecule has 0 unspecified atom stereocenters. The van der Waals surface area contributed by atoms with E-state index in [4.69, 9.17) is 0 Å². The van der Waals surface area contributed by atoms with Crippen molar-refractivity contribution in [1.82, 2.24) is 9.97 Å². The number of halogens is 2. The van der Waals surface area contributed by atoms with Gasteiger partial charge in [0.05, 0.1) is 17.7 Å². The van der Waals surface area contributed by atoms with E-state index in [9.17, 15) is 9.18 Å². The Morgan fingerprint density at radius 1 is 1.33 bits per heavy atom. The predicted octanol–water partition coefficient (Wildman–Crippen LogP) is 3.01. The quantitative estimate of drug-likeness (QED) is 0.870. The second kappa shape index (κ2) is 5.78. The highest BCUT2D eigenvalue weighted by Crippen LogP contribution is 2.11. The smallest absolute Gasteiger partial charge is 0.173 e. The van der Waals surface area contributed by atoms with Crippen LogP contribution in [0.4, 0.5) is 4.39 Å². The van der Waals surface area contributed by atoms with Gasteiger partial charge in [0.15, 0.2) is 5.78 Å². The van der Waals surface area contributed by atoms with Crippen molar-refractivity contribution in [1.29, 1.82) is 0 Å². The Balaban J connectivity index is 0.00000162. The lowest BCUT2D eigenvalue weighted by Crippen LogP contribution is -2.07. The molecule has 1 aromatic heterocycles. The Labute approximate surface area is 111 Å². The number of carbonyl (C=O) groups excluding carboxylic acids is 1. The first-order valence-corrected chi connectivity index (χ1v) is 5.37. The largest absolute Gasteiger partial charge is 0.345 e. The van der Waals surface area contributed by atoms with Crippen molar-refractivity contribution < 1.29 is 9.18 Å². The average Bonchev–Trinajstić information content (AvgIpc) is 2.58. The summed E-state index contributed by atoms with van der Waals surface area (Å²) in [7, 11) is 0. The van der Waals surface area contributed by atoms with Crippen LogP contribution >= 0.6 is 12.4 Å². The van der Waals surface area contributed by atoms with E-state index in [0.717, 1.165) is 11.4 Å². The van der Waals surface area contributed by atoms with Crippen molar-refractivity contribution in [3.05, 3.63) is 52.9 Å². The molecule has 2 aromatic rings. The number of H-pyrrole nitrogens is 1. The van der Waals surface area contributed by atoms with Crippen molar-refractivity contribution in [3.8, 4) is 0 Å². The maximum absolute atomic E-state index is 13.4. The molecule has 0 aliphatic rings. The van der Waals surface area contributed by atoms with E-state index in [1.165, 1.54) is 12.1 Å². The molecule has 96 valence electrons. The number of hydrogen-bond donors (Lipinski definition) is 1. The number of nitrogens with zero attached hydrogens (tertiary/aromatic N) is 1. The number of aryl methyl sites for hydroxylation is 2. The van der Waals surface area contributed by atoms with E-state index in [1.54, 1.807) is 12.1 Å². The topological polar surface area (TPSA) is 45.8 Å². The molecule has 0 aliphatic heterocycles. The van der Waals surface area contributed by atoms with Gasteiger partial charge in [0.1, 0.15) is 11.6 Å². The Morgan fingerprint density at radius 3 is 2.56 bits per heavy atom. The molecule has 0 atom stereocenters. The van der Waals surface area contributed by atoms with Crippen molar-refractivity contribution in [2.24, 2.45) is 0 Å². The fraction of sp³-hybridized carbons (Fsp3) is 0.231. The number of ketones is 1. The summed E-state index contributed by atoms with van der Waals surface area (Å²) >= 11 is 0. The van der Waals surface area contributed by atoms with Gasteiger partial charge in [0.25, 0.3) is 0 Å². The zero-order chi connectivity index (χ0) is 12.4. The van der Waals surface area contributed by atoms with Crippen LogP contribution in [0.15, 0.2) is 24.3 Å². The number of aromatic amines is 1. The van der Waals surface area contributed by atoms with E-state index >= 15 is 0 Å². The van der Waals surface area contributed by atoms with Crippen LogP contribution in [0, 0.1) is 19.7 Å². The summed E-state index contributed by atoms with van der Waals surface area (Å²) in [6, 6.07) is 5.98. The number of Topliss-reactive ketones (excluding diaryl/α,β-unsaturated/α-hetero) is 1. The lowest BCUT2D eigenvalue weighted by Gasteiger charge is -2.00. The number of aromatic nitrogens is 2. The average molecular weight is 269 g/mol. The Kier molecular flexibility index (Phi) is 4.62. The SMILES string of the molecule is Cc1nc(CC(=O)c2ccccc2F)[nH]c1C.Cl. The molecule has 0 aliphatic carbocycles. The van der Waals surface area contributed by atoms with Gasteiger partial charge in [-0.2, -0.15) is 0 Å². The van der Waals surface area contributed by atoms with E-state index < -0.39 is 5.82 Å². The summed E-state index contributed by atoms with van der Waals surface area (Å²) in [5.74, 6) is -0.178. The molecule has 1 heterocycles. The highest BCUT2D eigenvalue weighted by Gasteiger charge is 2.13. The van der Waals surface area contributed by atoms with Crippen molar-refractivity contribution in [2.75, 3.05) is 0 Å². The van der Waals surface area contributed by atoms with Gasteiger partial charge in [-0.1, -0.05) is 12.1 Å². The van der Waals surface area contributed by atoms with Crippen LogP contribution in [0.5, 0.6) is 0 Å². The van der Waals surface area contributed by atoms with E-state index in [0.29, 0.717) is 5.82 Å². The standard InChI is InChI=1S/C13H13FN2O.ClH/c1-8-9(2)16-13(15-8)7-12(17)10-5-3-4-6-11(10)14;/h3-6H,7H2,1-2H3,(H,15,16);1H. The fourth-order valence-electron chi connectivity index (χ4n) is 1.64. The molecular weight excluding hydrogens is 255 g/mol. The lowest BCUT2D eigenvalue weighted by molar-refractivity contribution is 0.0987. The number of rotatable bonds is 3. The van der Waals surface area contributed by atoms with Gasteiger partial charge in [-0.3, -0.25) is 4.79 Å². The summed E-state index contributed by atoms with van der Waals surface area (Å²) in [6.07, 6.45) is 0.0929. The molecule has 0 saturated carbocycles. The number of imidazole rings is 1. The van der Waals surface area contributed by atoms with E-state index in [-0.39, 0.29) is 30.2 Å². The molecule has 0 saturated heterocycles. The zero-order valence-corrected chi connectivity index (χ0v) is 11.0. The van der Waals surface area contributed by atoms with Gasteiger partial charge in [-0.05, 0) is 26.0 Å². The molecule has 3 nitrogen and oxygen atoms in total. The molecular formula is C13H14ClFN2O. The molecule has 5 heteroatoms. The van der Waals surface area contributed by atoms with Gasteiger partial charge in [0.2, 0.25) is 0 Å². The highest BCUT2D eigenvalue weighted by atomic mass is 35.5. The third-order valence-electron chi connectivity index (χ3n) is 2.68. The number of hydrogen-bond acceptors (Lipinski definition) is 2. The predicted molar refractivity (Wildman–Crippen MR) is 69.7 cm³/mol. The lowest BCUT2D eigenvalue weighted by atomic mass is 10.1. The normalized spacial score (nSPS) is 9.94. The maximum atomic E-state index is 13.4. The number of carbonyl (C=O) groups is 1. The van der Waals surface area contributed by atoms with Crippen LogP contribution in [0.2, 0.25) is 0 Å². The van der Waals surface area contributed by atoms with Crippen molar-refractivity contribution in [2.45, 2.75) is 20.3 Å². The first kappa shape index (κ1) is 14.4. The number of nitrogens with one attached hydrogen (secondary N) is 1. The second-order valence-electron chi connectivity index (χ2n) is 3.97. The zero-order valence-electron chi connectivity index (χ0n) is 10.2. The molecule has 0 bridgehead atoms. The molecule has 0 amide bonds. The van der Waals surface area contributed by atoms with Gasteiger partial charge in [-0.15, -0.1) is 12.4 Å². The first-order chi connectivity index (χ1) is 8.08. The summed E-state index contributed by atoms with van der Waals surface area (Å²) < 4.78 is 13.4. The Bertz CT molecular complexity index is 546. The van der Waals surface area contributed by atoms with Crippen LogP contribution in [-0.4, -0.2) is 15.8 Å². The monoisotopic (exact) mass is 268 g/mol. The van der Waals surface area contributed by atoms with Crippen LogP contribution < -0.4 is 0 Å². The summed E-state index contributed by atoms with van der Waals surface area (Å²) in [6.45, 7) is 3.75. The van der Waals surface area contributed by atoms with Gasteiger partial charge in [-0.25, -0.2) is 9.37 Å². The second-order valence-corrected chi connectivity index (χ2v) is 3.97. The summed E-state index contributed by atoms with van der Waals surface area (Å²) in [5.41, 5.74) is 1.90. The summed E-state index contributed by atoms with van der Waals surface area (Å²) in [5, 5.41) is 0. The molecule has 18 heavy (non-hydrogen) atoms. The van der Waals surface area contributed by atoms with Crippen LogP contribution in [0.1, 0.15) is 27.6 Å². The van der Waals surface area contributed by atoms with E-state index in [1.807, 2.05) is 13.8 Å². The fourth-order valence-corrected chi connectivity index (χ4v) is 1.64. The molecule has 1 N–H and O–H groups in total. The molecule has 0 fully saturated rings. The molecule has 0 radical (unpaired) electrons. The van der Waals surface area contributed by atoms with Gasteiger partial charge < -0.3 is 4.98 Å².